The molecule has 1 atom stereocenters. The van der Waals surface area contributed by atoms with Gasteiger partial charge < -0.3 is 9.47 Å². The molecule has 0 radical (unpaired) electrons. The van der Waals surface area contributed by atoms with Crippen LogP contribution < -0.4 is 4.74 Å². The predicted octanol–water partition coefficient (Wildman–Crippen LogP) is 3.14. The molecule has 120 valence electrons. The molecule has 0 amide bonds. The largest absolute Gasteiger partial charge is 0.481 e. The van der Waals surface area contributed by atoms with Crippen molar-refractivity contribution in [3.8, 4) is 5.88 Å². The van der Waals surface area contributed by atoms with Crippen LogP contribution in [0.4, 0.5) is 0 Å². The quantitative estimate of drug-likeness (QED) is 0.627. The van der Waals surface area contributed by atoms with Crippen LogP contribution in [0.3, 0.4) is 0 Å². The summed E-state index contributed by atoms with van der Waals surface area (Å²) in [5.74, 6) is -0.423. The van der Waals surface area contributed by atoms with E-state index in [2.05, 4.69) is 4.98 Å². The monoisotopic (exact) mass is 313 g/mol. The molecule has 0 aliphatic rings. The van der Waals surface area contributed by atoms with Crippen molar-refractivity contribution in [2.45, 2.75) is 26.9 Å². The number of aryl methyl sites for hydroxylation is 2. The molecule has 1 aromatic heterocycles. The number of ketones is 1. The Morgan fingerprint density at radius 3 is 2.30 bits per heavy atom. The fourth-order valence-electron chi connectivity index (χ4n) is 2.03. The molecule has 0 fully saturated rings. The van der Waals surface area contributed by atoms with Crippen molar-refractivity contribution in [1.29, 1.82) is 0 Å². The molecule has 1 aromatic carbocycles. The van der Waals surface area contributed by atoms with Crippen molar-refractivity contribution in [1.82, 2.24) is 4.98 Å². The van der Waals surface area contributed by atoms with Crippen LogP contribution in [0.2, 0.25) is 0 Å². The number of benzene rings is 1. The number of rotatable bonds is 5. The summed E-state index contributed by atoms with van der Waals surface area (Å²) in [6.07, 6.45) is 0.487. The van der Waals surface area contributed by atoms with E-state index in [1.807, 2.05) is 19.9 Å². The summed E-state index contributed by atoms with van der Waals surface area (Å²) in [5, 5.41) is 0. The summed E-state index contributed by atoms with van der Waals surface area (Å²) in [7, 11) is 1.49. The summed E-state index contributed by atoms with van der Waals surface area (Å²) in [4.78, 5) is 28.4. The minimum absolute atomic E-state index is 0.233. The van der Waals surface area contributed by atoms with Gasteiger partial charge in [0.1, 0.15) is 0 Å². The van der Waals surface area contributed by atoms with Gasteiger partial charge >= 0.3 is 5.97 Å². The summed E-state index contributed by atoms with van der Waals surface area (Å²) in [5.41, 5.74) is 2.93. The molecule has 0 N–H and O–H groups in total. The number of methoxy groups -OCH3 is 1. The second-order valence-corrected chi connectivity index (χ2v) is 5.30. The highest BCUT2D eigenvalue weighted by Crippen LogP contribution is 2.14. The zero-order valence-corrected chi connectivity index (χ0v) is 13.6. The van der Waals surface area contributed by atoms with Crippen LogP contribution in [0.5, 0.6) is 5.88 Å². The number of ether oxygens (including phenoxy) is 2. The van der Waals surface area contributed by atoms with Gasteiger partial charge in [0.25, 0.3) is 0 Å². The van der Waals surface area contributed by atoms with E-state index in [0.717, 1.165) is 11.1 Å². The van der Waals surface area contributed by atoms with Crippen molar-refractivity contribution in [3.05, 3.63) is 58.8 Å². The molecule has 0 spiro atoms. The Labute approximate surface area is 135 Å². The number of carbonyl (C=O) groups excluding carboxylic acids is 2. The number of Topliss-reactive ketones (excluding diaryl/α,β-unsaturated/α-hetero) is 1. The van der Waals surface area contributed by atoms with Gasteiger partial charge in [0.05, 0.1) is 12.7 Å². The molecule has 0 aliphatic carbocycles. The molecule has 0 aliphatic heterocycles. The number of aromatic nitrogens is 1. The number of pyridine rings is 1. The van der Waals surface area contributed by atoms with Crippen molar-refractivity contribution in [3.63, 3.8) is 0 Å². The highest BCUT2D eigenvalue weighted by molar-refractivity contribution is 6.01. The Hall–Kier alpha value is -2.69. The second kappa shape index (κ2) is 7.05. The van der Waals surface area contributed by atoms with E-state index < -0.39 is 12.1 Å². The third-order valence-electron chi connectivity index (χ3n) is 3.63. The number of esters is 1. The molecule has 2 aromatic rings. The Bertz CT molecular complexity index is 722. The Balaban J connectivity index is 2.07. The first-order valence-corrected chi connectivity index (χ1v) is 7.25. The second-order valence-electron chi connectivity index (χ2n) is 5.30. The molecular formula is C18H19NO4. The first-order chi connectivity index (χ1) is 10.9. The highest BCUT2D eigenvalue weighted by atomic mass is 16.5. The lowest BCUT2D eigenvalue weighted by atomic mass is 10.0. The lowest BCUT2D eigenvalue weighted by molar-refractivity contribution is 0.0318. The van der Waals surface area contributed by atoms with Crippen molar-refractivity contribution in [2.75, 3.05) is 7.11 Å². The predicted molar refractivity (Wildman–Crippen MR) is 85.9 cm³/mol. The van der Waals surface area contributed by atoms with Crippen molar-refractivity contribution < 1.29 is 19.1 Å². The van der Waals surface area contributed by atoms with Gasteiger partial charge in [0.15, 0.2) is 6.10 Å². The number of nitrogens with zero attached hydrogens (tertiary/aromatic N) is 1. The molecule has 0 unspecified atom stereocenters. The molecule has 2 rings (SSSR count). The Kier molecular flexibility index (Phi) is 5.11. The molecule has 5 nitrogen and oxygen atoms in total. The lowest BCUT2D eigenvalue weighted by Crippen LogP contribution is -2.24. The Morgan fingerprint density at radius 2 is 1.74 bits per heavy atom. The van der Waals surface area contributed by atoms with Gasteiger partial charge in [0.2, 0.25) is 11.7 Å². The molecule has 1 heterocycles. The SMILES string of the molecule is COc1ccc(C(=O)O[C@H](C)C(=O)c2ccc(C)c(C)c2)cn1. The molecule has 0 saturated carbocycles. The smallest absolute Gasteiger partial charge is 0.340 e. The van der Waals surface area contributed by atoms with Gasteiger partial charge in [0, 0.05) is 17.8 Å². The van der Waals surface area contributed by atoms with E-state index in [1.165, 1.54) is 13.3 Å². The van der Waals surface area contributed by atoms with Crippen molar-refractivity contribution in [2.24, 2.45) is 0 Å². The van der Waals surface area contributed by atoms with Gasteiger partial charge in [-0.25, -0.2) is 9.78 Å². The fourth-order valence-corrected chi connectivity index (χ4v) is 2.03. The van der Waals surface area contributed by atoms with E-state index >= 15 is 0 Å². The van der Waals surface area contributed by atoms with E-state index in [4.69, 9.17) is 9.47 Å². The maximum absolute atomic E-state index is 12.4. The molecule has 23 heavy (non-hydrogen) atoms. The minimum Gasteiger partial charge on any atom is -0.481 e. The summed E-state index contributed by atoms with van der Waals surface area (Å²) < 4.78 is 10.2. The van der Waals surface area contributed by atoms with Crippen molar-refractivity contribution >= 4 is 11.8 Å². The van der Waals surface area contributed by atoms with E-state index in [9.17, 15) is 9.59 Å². The van der Waals surface area contributed by atoms with E-state index in [0.29, 0.717) is 11.4 Å². The average molecular weight is 313 g/mol. The standard InChI is InChI=1S/C18H19NO4/c1-11-5-6-14(9-12(11)2)17(20)13(3)23-18(21)15-7-8-16(22-4)19-10-15/h5-10,13H,1-4H3/t13-/m1/s1. The van der Waals surface area contributed by atoms with Crippen LogP contribution in [0.15, 0.2) is 36.5 Å². The molecular weight excluding hydrogens is 294 g/mol. The summed E-state index contributed by atoms with van der Waals surface area (Å²) in [6.45, 7) is 5.47. The van der Waals surface area contributed by atoms with E-state index in [1.54, 1.807) is 31.2 Å². The van der Waals surface area contributed by atoms with Crippen LogP contribution in [0.25, 0.3) is 0 Å². The zero-order chi connectivity index (χ0) is 17.0. The van der Waals surface area contributed by atoms with Gasteiger partial charge in [-0.15, -0.1) is 0 Å². The van der Waals surface area contributed by atoms with Gasteiger partial charge in [-0.2, -0.15) is 0 Å². The van der Waals surface area contributed by atoms with Crippen LogP contribution >= 0.6 is 0 Å². The fraction of sp³-hybridized carbons (Fsp3) is 0.278. The molecule has 0 saturated heterocycles. The zero-order valence-electron chi connectivity index (χ0n) is 13.6. The molecule has 5 heteroatoms. The third-order valence-corrected chi connectivity index (χ3v) is 3.63. The topological polar surface area (TPSA) is 65.5 Å². The van der Waals surface area contributed by atoms with Gasteiger partial charge in [-0.3, -0.25) is 4.79 Å². The normalized spacial score (nSPS) is 11.7. The van der Waals surface area contributed by atoms with Crippen LogP contribution in [-0.4, -0.2) is 30.0 Å². The first-order valence-electron chi connectivity index (χ1n) is 7.25. The maximum Gasteiger partial charge on any atom is 0.340 e. The Morgan fingerprint density at radius 1 is 1.04 bits per heavy atom. The average Bonchev–Trinajstić information content (AvgIpc) is 2.56. The van der Waals surface area contributed by atoms with Gasteiger partial charge in [-0.05, 0) is 44.0 Å². The maximum atomic E-state index is 12.4. The van der Waals surface area contributed by atoms with Crippen LogP contribution in [0.1, 0.15) is 38.8 Å². The molecule has 0 bridgehead atoms. The van der Waals surface area contributed by atoms with Gasteiger partial charge in [-0.1, -0.05) is 12.1 Å². The first kappa shape index (κ1) is 16.7. The third kappa shape index (κ3) is 3.94. The lowest BCUT2D eigenvalue weighted by Gasteiger charge is -2.13. The van der Waals surface area contributed by atoms with E-state index in [-0.39, 0.29) is 11.3 Å². The number of carbonyl (C=O) groups is 2. The minimum atomic E-state index is -0.869. The number of hydrogen-bond donors (Lipinski definition) is 0. The highest BCUT2D eigenvalue weighted by Gasteiger charge is 2.21. The van der Waals surface area contributed by atoms with Crippen LogP contribution in [-0.2, 0) is 4.74 Å². The van der Waals surface area contributed by atoms with Crippen LogP contribution in [0, 0.1) is 13.8 Å². The number of hydrogen-bond acceptors (Lipinski definition) is 5. The summed E-state index contributed by atoms with van der Waals surface area (Å²) in [6, 6.07) is 8.53. The summed E-state index contributed by atoms with van der Waals surface area (Å²) >= 11 is 0.